The number of imidazole rings is 1. The molecule has 0 saturated heterocycles. The molecule has 0 bridgehead atoms. The first-order valence-corrected chi connectivity index (χ1v) is 7.62. The second kappa shape index (κ2) is 5.56. The fourth-order valence-electron chi connectivity index (χ4n) is 2.71. The van der Waals surface area contributed by atoms with Crippen molar-refractivity contribution in [3.63, 3.8) is 0 Å². The molecule has 1 aliphatic heterocycles. The van der Waals surface area contributed by atoms with Crippen molar-refractivity contribution in [2.75, 3.05) is 6.54 Å². The van der Waals surface area contributed by atoms with Crippen LogP contribution in [0.15, 0.2) is 6.20 Å². The number of hydrogen-bond acceptors (Lipinski definition) is 4. The van der Waals surface area contributed by atoms with E-state index >= 15 is 0 Å². The van der Waals surface area contributed by atoms with Crippen LogP contribution in [0.5, 0.6) is 0 Å². The largest absolute Gasteiger partial charge is 0.345 e. The molecule has 0 saturated carbocycles. The molecule has 2 aromatic rings. The molecule has 0 amide bonds. The van der Waals surface area contributed by atoms with Gasteiger partial charge in [0, 0.05) is 48.6 Å². The number of aryl methyl sites for hydroxylation is 2. The maximum absolute atomic E-state index is 4.71. The summed E-state index contributed by atoms with van der Waals surface area (Å²) in [6.45, 7) is 11.2. The fourth-order valence-corrected chi connectivity index (χ4v) is 2.71. The molecule has 1 aliphatic rings. The lowest BCUT2D eigenvalue weighted by Crippen LogP contribution is -2.31. The quantitative estimate of drug-likeness (QED) is 0.941. The van der Waals surface area contributed by atoms with Crippen molar-refractivity contribution < 1.29 is 0 Å². The molecule has 0 aliphatic carbocycles. The number of hydrogen-bond donors (Lipinski definition) is 1. The third-order valence-electron chi connectivity index (χ3n) is 4.10. The van der Waals surface area contributed by atoms with Gasteiger partial charge >= 0.3 is 0 Å². The Labute approximate surface area is 125 Å². The molecule has 2 aromatic heterocycles. The van der Waals surface area contributed by atoms with Crippen LogP contribution in [-0.2, 0) is 19.5 Å². The predicted molar refractivity (Wildman–Crippen MR) is 82.0 cm³/mol. The summed E-state index contributed by atoms with van der Waals surface area (Å²) in [4.78, 5) is 19.5. The Morgan fingerprint density at radius 2 is 2.10 bits per heavy atom. The van der Waals surface area contributed by atoms with Gasteiger partial charge in [-0.15, -0.1) is 0 Å². The van der Waals surface area contributed by atoms with Crippen molar-refractivity contribution in [3.8, 4) is 0 Å². The standard InChI is InChI=1S/C16H23N5/c1-10(2)16-17-7-13-8-21(6-5-14(13)20-16)9-15-18-11(3)12(4)19-15/h7,10H,5-6,8-9H2,1-4H3,(H,18,19). The van der Waals surface area contributed by atoms with E-state index in [9.17, 15) is 0 Å². The summed E-state index contributed by atoms with van der Waals surface area (Å²) >= 11 is 0. The number of nitrogens with zero attached hydrogens (tertiary/aromatic N) is 4. The van der Waals surface area contributed by atoms with Crippen LogP contribution in [0.2, 0.25) is 0 Å². The molecular formula is C16H23N5. The SMILES string of the molecule is Cc1nc(CN2CCc3nc(C(C)C)ncc3C2)[nH]c1C. The average molecular weight is 285 g/mol. The van der Waals surface area contributed by atoms with Crippen LogP contribution in [0.1, 0.15) is 54.1 Å². The van der Waals surface area contributed by atoms with Gasteiger partial charge in [-0.2, -0.15) is 0 Å². The molecule has 5 nitrogen and oxygen atoms in total. The summed E-state index contributed by atoms with van der Waals surface area (Å²) in [5.74, 6) is 2.40. The Morgan fingerprint density at radius 3 is 2.76 bits per heavy atom. The highest BCUT2D eigenvalue weighted by Crippen LogP contribution is 2.20. The molecule has 0 atom stereocenters. The summed E-state index contributed by atoms with van der Waals surface area (Å²) in [6.07, 6.45) is 3.00. The summed E-state index contributed by atoms with van der Waals surface area (Å²) in [6, 6.07) is 0. The van der Waals surface area contributed by atoms with E-state index in [0.717, 1.165) is 49.1 Å². The molecule has 112 valence electrons. The van der Waals surface area contributed by atoms with Gasteiger partial charge in [0.05, 0.1) is 12.2 Å². The van der Waals surface area contributed by atoms with Gasteiger partial charge < -0.3 is 4.98 Å². The summed E-state index contributed by atoms with van der Waals surface area (Å²) in [7, 11) is 0. The van der Waals surface area contributed by atoms with Gasteiger partial charge in [0.25, 0.3) is 0 Å². The van der Waals surface area contributed by atoms with Gasteiger partial charge in [-0.3, -0.25) is 4.90 Å². The van der Waals surface area contributed by atoms with Crippen LogP contribution in [0.4, 0.5) is 0 Å². The lowest BCUT2D eigenvalue weighted by Gasteiger charge is -2.27. The first-order chi connectivity index (χ1) is 10.0. The molecule has 0 aromatic carbocycles. The Balaban J connectivity index is 1.72. The zero-order valence-electron chi connectivity index (χ0n) is 13.3. The van der Waals surface area contributed by atoms with Crippen LogP contribution in [0, 0.1) is 13.8 Å². The van der Waals surface area contributed by atoms with Gasteiger partial charge in [0.15, 0.2) is 0 Å². The highest BCUT2D eigenvalue weighted by Gasteiger charge is 2.20. The number of aromatic nitrogens is 4. The van der Waals surface area contributed by atoms with Crippen molar-refractivity contribution in [2.45, 2.75) is 53.1 Å². The molecule has 0 radical (unpaired) electrons. The van der Waals surface area contributed by atoms with Crippen molar-refractivity contribution in [1.29, 1.82) is 0 Å². The Hall–Kier alpha value is -1.75. The molecule has 0 spiro atoms. The van der Waals surface area contributed by atoms with E-state index in [-0.39, 0.29) is 0 Å². The van der Waals surface area contributed by atoms with E-state index in [1.807, 2.05) is 13.1 Å². The number of rotatable bonds is 3. The normalized spacial score (nSPS) is 15.5. The zero-order valence-corrected chi connectivity index (χ0v) is 13.3. The molecule has 5 heteroatoms. The second-order valence-corrected chi connectivity index (χ2v) is 6.21. The monoisotopic (exact) mass is 285 g/mol. The molecular weight excluding hydrogens is 262 g/mol. The van der Waals surface area contributed by atoms with Crippen molar-refractivity contribution in [2.24, 2.45) is 0 Å². The fraction of sp³-hybridized carbons (Fsp3) is 0.562. The Bertz CT molecular complexity index is 625. The van der Waals surface area contributed by atoms with Crippen molar-refractivity contribution in [3.05, 3.63) is 40.5 Å². The van der Waals surface area contributed by atoms with E-state index in [4.69, 9.17) is 4.98 Å². The van der Waals surface area contributed by atoms with E-state index in [1.54, 1.807) is 0 Å². The minimum atomic E-state index is 0.391. The first kappa shape index (κ1) is 14.2. The lowest BCUT2D eigenvalue weighted by molar-refractivity contribution is 0.237. The van der Waals surface area contributed by atoms with Crippen LogP contribution in [0.3, 0.4) is 0 Å². The van der Waals surface area contributed by atoms with Crippen LogP contribution >= 0.6 is 0 Å². The maximum atomic E-state index is 4.71. The van der Waals surface area contributed by atoms with E-state index in [1.165, 1.54) is 11.3 Å². The van der Waals surface area contributed by atoms with Crippen LogP contribution in [-0.4, -0.2) is 31.4 Å². The van der Waals surface area contributed by atoms with Gasteiger partial charge in [0.1, 0.15) is 11.6 Å². The van der Waals surface area contributed by atoms with E-state index in [0.29, 0.717) is 5.92 Å². The molecule has 0 unspecified atom stereocenters. The third-order valence-corrected chi connectivity index (χ3v) is 4.10. The number of H-pyrrole nitrogens is 1. The average Bonchev–Trinajstić information content (AvgIpc) is 2.76. The molecule has 21 heavy (non-hydrogen) atoms. The maximum Gasteiger partial charge on any atom is 0.131 e. The topological polar surface area (TPSA) is 57.7 Å². The zero-order chi connectivity index (χ0) is 15.0. The van der Waals surface area contributed by atoms with Crippen molar-refractivity contribution in [1.82, 2.24) is 24.8 Å². The van der Waals surface area contributed by atoms with Crippen molar-refractivity contribution >= 4 is 0 Å². The smallest absolute Gasteiger partial charge is 0.131 e. The lowest BCUT2D eigenvalue weighted by atomic mass is 10.1. The predicted octanol–water partition coefficient (Wildman–Crippen LogP) is 2.50. The van der Waals surface area contributed by atoms with Crippen LogP contribution < -0.4 is 0 Å². The second-order valence-electron chi connectivity index (χ2n) is 6.21. The minimum Gasteiger partial charge on any atom is -0.345 e. The number of fused-ring (bicyclic) bond motifs is 1. The highest BCUT2D eigenvalue weighted by molar-refractivity contribution is 5.21. The van der Waals surface area contributed by atoms with Gasteiger partial charge in [-0.1, -0.05) is 13.8 Å². The summed E-state index contributed by atoms with van der Waals surface area (Å²) < 4.78 is 0. The molecule has 0 fully saturated rings. The highest BCUT2D eigenvalue weighted by atomic mass is 15.2. The Morgan fingerprint density at radius 1 is 1.29 bits per heavy atom. The van der Waals surface area contributed by atoms with Gasteiger partial charge in [-0.05, 0) is 13.8 Å². The number of aromatic amines is 1. The molecule has 3 rings (SSSR count). The van der Waals surface area contributed by atoms with Gasteiger partial charge in [0.2, 0.25) is 0 Å². The van der Waals surface area contributed by atoms with Gasteiger partial charge in [-0.25, -0.2) is 15.0 Å². The first-order valence-electron chi connectivity index (χ1n) is 7.62. The van der Waals surface area contributed by atoms with Crippen LogP contribution in [0.25, 0.3) is 0 Å². The minimum absolute atomic E-state index is 0.391. The third kappa shape index (κ3) is 2.97. The van der Waals surface area contributed by atoms with E-state index < -0.39 is 0 Å². The van der Waals surface area contributed by atoms with E-state index in [2.05, 4.69) is 40.6 Å². The molecule has 1 N–H and O–H groups in total. The molecule has 3 heterocycles. The summed E-state index contributed by atoms with van der Waals surface area (Å²) in [5.41, 5.74) is 4.72. The summed E-state index contributed by atoms with van der Waals surface area (Å²) in [5, 5.41) is 0. The Kier molecular flexibility index (Phi) is 3.76. The number of nitrogens with one attached hydrogen (secondary N) is 1.